The number of amides is 1. The molecule has 1 saturated heterocycles. The summed E-state index contributed by atoms with van der Waals surface area (Å²) in [6, 6.07) is 0. The molecule has 1 rings (SSSR count). The van der Waals surface area contributed by atoms with Crippen molar-refractivity contribution >= 4 is 12.2 Å². The Balaban J connectivity index is 2.22. The molecule has 0 radical (unpaired) electrons. The smallest absolute Gasteiger partial charge is 0.246 e. The first-order valence-corrected chi connectivity index (χ1v) is 5.01. The molecule has 84 valence electrons. The van der Waals surface area contributed by atoms with Crippen molar-refractivity contribution < 1.29 is 9.59 Å². The third-order valence-electron chi connectivity index (χ3n) is 2.35. The van der Waals surface area contributed by atoms with Crippen LogP contribution in [-0.2, 0) is 9.59 Å². The van der Waals surface area contributed by atoms with Gasteiger partial charge in [-0.3, -0.25) is 15.0 Å². The Morgan fingerprint density at radius 1 is 1.73 bits per heavy atom. The number of carbonyl (C=O) groups is 2. The number of rotatable bonds is 5. The molecule has 1 fully saturated rings. The summed E-state index contributed by atoms with van der Waals surface area (Å²) >= 11 is 0. The van der Waals surface area contributed by atoms with E-state index >= 15 is 0 Å². The molecular weight excluding hydrogens is 194 g/mol. The lowest BCUT2D eigenvalue weighted by atomic mass is 10.3. The van der Waals surface area contributed by atoms with Gasteiger partial charge in [-0.05, 0) is 6.92 Å². The molecule has 1 amide bonds. The third-order valence-corrected chi connectivity index (χ3v) is 2.35. The third kappa shape index (κ3) is 3.45. The molecule has 5 heteroatoms. The maximum absolute atomic E-state index is 11.2. The summed E-state index contributed by atoms with van der Waals surface area (Å²) < 4.78 is 0. The van der Waals surface area contributed by atoms with Crippen LogP contribution < -0.4 is 10.6 Å². The van der Waals surface area contributed by atoms with Crippen molar-refractivity contribution in [2.24, 2.45) is 0 Å². The van der Waals surface area contributed by atoms with Crippen molar-refractivity contribution in [3.8, 4) is 0 Å². The minimum atomic E-state index is -0.202. The Kier molecular flexibility index (Phi) is 4.45. The van der Waals surface area contributed by atoms with Crippen LogP contribution in [0.5, 0.6) is 0 Å². The molecule has 0 bridgehead atoms. The maximum Gasteiger partial charge on any atom is 0.246 e. The van der Waals surface area contributed by atoms with Crippen LogP contribution in [0.2, 0.25) is 0 Å². The Morgan fingerprint density at radius 2 is 2.47 bits per heavy atom. The lowest BCUT2D eigenvalue weighted by Gasteiger charge is -2.19. The minimum Gasteiger partial charge on any atom is -0.351 e. The van der Waals surface area contributed by atoms with Gasteiger partial charge in [-0.25, -0.2) is 0 Å². The van der Waals surface area contributed by atoms with E-state index in [1.807, 2.05) is 4.90 Å². The maximum atomic E-state index is 11.2. The number of hydrogen-bond donors (Lipinski definition) is 2. The van der Waals surface area contributed by atoms with Gasteiger partial charge >= 0.3 is 0 Å². The van der Waals surface area contributed by atoms with Crippen molar-refractivity contribution in [2.45, 2.75) is 13.1 Å². The SMILES string of the molecule is C=C(C)C(=O)NCCN1CCNC1C=O. The van der Waals surface area contributed by atoms with Gasteiger partial charge in [0.25, 0.3) is 0 Å². The van der Waals surface area contributed by atoms with Gasteiger partial charge in [0, 0.05) is 31.8 Å². The van der Waals surface area contributed by atoms with E-state index in [0.717, 1.165) is 19.4 Å². The molecule has 1 aliphatic rings. The molecule has 0 aromatic rings. The zero-order chi connectivity index (χ0) is 11.3. The Hall–Kier alpha value is -1.20. The fourth-order valence-electron chi connectivity index (χ4n) is 1.47. The summed E-state index contributed by atoms with van der Waals surface area (Å²) in [5.74, 6) is -0.134. The first-order chi connectivity index (χ1) is 7.15. The Bertz CT molecular complexity index is 265. The van der Waals surface area contributed by atoms with E-state index < -0.39 is 0 Å². The zero-order valence-electron chi connectivity index (χ0n) is 8.95. The molecule has 1 atom stereocenters. The van der Waals surface area contributed by atoms with Crippen LogP contribution in [0.1, 0.15) is 6.92 Å². The summed E-state index contributed by atoms with van der Waals surface area (Å²) in [6.45, 7) is 8.08. The molecule has 0 aromatic heterocycles. The Labute approximate surface area is 89.5 Å². The van der Waals surface area contributed by atoms with Gasteiger partial charge < -0.3 is 10.1 Å². The van der Waals surface area contributed by atoms with Crippen LogP contribution in [0.4, 0.5) is 0 Å². The molecule has 15 heavy (non-hydrogen) atoms. The summed E-state index contributed by atoms with van der Waals surface area (Å²) in [5.41, 5.74) is 0.501. The molecule has 0 aliphatic carbocycles. The molecule has 2 N–H and O–H groups in total. The normalized spacial score (nSPS) is 21.3. The van der Waals surface area contributed by atoms with Crippen molar-refractivity contribution in [3.63, 3.8) is 0 Å². The highest BCUT2D eigenvalue weighted by Gasteiger charge is 2.22. The predicted octanol–water partition coefficient (Wildman–Crippen LogP) is -0.891. The van der Waals surface area contributed by atoms with E-state index in [1.165, 1.54) is 0 Å². The second-order valence-electron chi connectivity index (χ2n) is 3.61. The van der Waals surface area contributed by atoms with Crippen molar-refractivity contribution in [3.05, 3.63) is 12.2 Å². The number of nitrogens with one attached hydrogen (secondary N) is 2. The highest BCUT2D eigenvalue weighted by molar-refractivity contribution is 5.92. The summed E-state index contributed by atoms with van der Waals surface area (Å²) in [5, 5.41) is 5.77. The van der Waals surface area contributed by atoms with Gasteiger partial charge in [0.15, 0.2) is 6.29 Å². The van der Waals surface area contributed by atoms with E-state index in [4.69, 9.17) is 0 Å². The van der Waals surface area contributed by atoms with E-state index in [9.17, 15) is 9.59 Å². The standard InChI is InChI=1S/C10H17N3O2/c1-8(2)10(15)12-4-6-13-5-3-11-9(13)7-14/h7,9,11H,1,3-6H2,2H3,(H,12,15). The molecule has 1 heterocycles. The summed E-state index contributed by atoms with van der Waals surface area (Å²) in [4.78, 5) is 23.8. The molecule has 1 unspecified atom stereocenters. The van der Waals surface area contributed by atoms with Crippen molar-refractivity contribution in [2.75, 3.05) is 26.2 Å². The average Bonchev–Trinajstić information content (AvgIpc) is 2.65. The van der Waals surface area contributed by atoms with E-state index in [0.29, 0.717) is 18.7 Å². The topological polar surface area (TPSA) is 61.4 Å². The van der Waals surface area contributed by atoms with Gasteiger partial charge in [0.1, 0.15) is 6.17 Å². The highest BCUT2D eigenvalue weighted by Crippen LogP contribution is 1.99. The van der Waals surface area contributed by atoms with Crippen LogP contribution >= 0.6 is 0 Å². The average molecular weight is 211 g/mol. The molecule has 5 nitrogen and oxygen atoms in total. The van der Waals surface area contributed by atoms with Crippen LogP contribution in [0, 0.1) is 0 Å². The van der Waals surface area contributed by atoms with Crippen LogP contribution in [0.3, 0.4) is 0 Å². The molecule has 0 aromatic carbocycles. The zero-order valence-corrected chi connectivity index (χ0v) is 8.95. The molecule has 0 saturated carbocycles. The van der Waals surface area contributed by atoms with Crippen LogP contribution in [-0.4, -0.2) is 49.4 Å². The number of hydrogen-bond acceptors (Lipinski definition) is 4. The van der Waals surface area contributed by atoms with Gasteiger partial charge in [0.2, 0.25) is 5.91 Å². The number of aldehydes is 1. The molecule has 0 spiro atoms. The van der Waals surface area contributed by atoms with Gasteiger partial charge in [-0.2, -0.15) is 0 Å². The van der Waals surface area contributed by atoms with Crippen LogP contribution in [0.25, 0.3) is 0 Å². The minimum absolute atomic E-state index is 0.134. The van der Waals surface area contributed by atoms with Gasteiger partial charge in [-0.1, -0.05) is 6.58 Å². The quantitative estimate of drug-likeness (QED) is 0.457. The van der Waals surface area contributed by atoms with Gasteiger partial charge in [0.05, 0.1) is 0 Å². The van der Waals surface area contributed by atoms with E-state index in [1.54, 1.807) is 6.92 Å². The molecular formula is C10H17N3O2. The molecule has 1 aliphatic heterocycles. The largest absolute Gasteiger partial charge is 0.351 e. The lowest BCUT2D eigenvalue weighted by Crippen LogP contribution is -2.41. The highest BCUT2D eigenvalue weighted by atomic mass is 16.1. The Morgan fingerprint density at radius 3 is 3.07 bits per heavy atom. The number of carbonyl (C=O) groups excluding carboxylic acids is 2. The monoisotopic (exact) mass is 211 g/mol. The van der Waals surface area contributed by atoms with Gasteiger partial charge in [-0.15, -0.1) is 0 Å². The lowest BCUT2D eigenvalue weighted by molar-refractivity contribution is -0.117. The van der Waals surface area contributed by atoms with Crippen LogP contribution in [0.15, 0.2) is 12.2 Å². The van der Waals surface area contributed by atoms with Crippen molar-refractivity contribution in [1.29, 1.82) is 0 Å². The summed E-state index contributed by atoms with van der Waals surface area (Å²) in [7, 11) is 0. The first kappa shape index (κ1) is 11.9. The fourth-order valence-corrected chi connectivity index (χ4v) is 1.47. The first-order valence-electron chi connectivity index (χ1n) is 5.01. The van der Waals surface area contributed by atoms with E-state index in [-0.39, 0.29) is 12.1 Å². The second-order valence-corrected chi connectivity index (χ2v) is 3.61. The number of nitrogens with zero attached hydrogens (tertiary/aromatic N) is 1. The van der Waals surface area contributed by atoms with Crippen molar-refractivity contribution in [1.82, 2.24) is 15.5 Å². The second kappa shape index (κ2) is 5.63. The summed E-state index contributed by atoms with van der Waals surface area (Å²) in [6.07, 6.45) is 0.680. The van der Waals surface area contributed by atoms with E-state index in [2.05, 4.69) is 17.2 Å². The fraction of sp³-hybridized carbons (Fsp3) is 0.600. The predicted molar refractivity (Wildman–Crippen MR) is 57.3 cm³/mol.